The molecule has 1 amide bonds. The van der Waals surface area contributed by atoms with Crippen molar-refractivity contribution in [2.75, 3.05) is 66.1 Å². The van der Waals surface area contributed by atoms with Crippen molar-refractivity contribution in [3.8, 4) is 5.75 Å². The van der Waals surface area contributed by atoms with Crippen LogP contribution in [0.5, 0.6) is 5.75 Å². The van der Waals surface area contributed by atoms with Crippen LogP contribution in [0.15, 0.2) is 28.7 Å². The maximum Gasteiger partial charge on any atom is 0.234 e. The van der Waals surface area contributed by atoms with Gasteiger partial charge in [0.25, 0.3) is 0 Å². The van der Waals surface area contributed by atoms with E-state index in [1.165, 1.54) is 0 Å². The average Bonchev–Trinajstić information content (AvgIpc) is 2.57. The third kappa shape index (κ3) is 7.17. The molecule has 0 spiro atoms. The maximum absolute atomic E-state index is 11.8. The first-order valence-corrected chi connectivity index (χ1v) is 9.05. The molecule has 1 heterocycles. The number of nitrogens with zero attached hydrogens (tertiary/aromatic N) is 2. The highest BCUT2D eigenvalue weighted by Crippen LogP contribution is 2.17. The zero-order valence-corrected chi connectivity index (χ0v) is 15.8. The highest BCUT2D eigenvalue weighted by atomic mass is 79.9. The van der Waals surface area contributed by atoms with Gasteiger partial charge in [-0.05, 0) is 18.2 Å². The second-order valence-electron chi connectivity index (χ2n) is 5.77. The fraction of sp³-hybridized carbons (Fsp3) is 0.588. The summed E-state index contributed by atoms with van der Waals surface area (Å²) in [6.45, 7) is 6.92. The average molecular weight is 400 g/mol. The summed E-state index contributed by atoms with van der Waals surface area (Å²) in [4.78, 5) is 16.3. The Bertz CT molecular complexity index is 508. The van der Waals surface area contributed by atoms with E-state index in [1.54, 1.807) is 7.11 Å². The number of rotatable bonds is 9. The van der Waals surface area contributed by atoms with E-state index < -0.39 is 0 Å². The molecule has 0 radical (unpaired) electrons. The van der Waals surface area contributed by atoms with Crippen LogP contribution < -0.4 is 10.1 Å². The van der Waals surface area contributed by atoms with Gasteiger partial charge in [-0.25, -0.2) is 0 Å². The second kappa shape index (κ2) is 10.7. The quantitative estimate of drug-likeness (QED) is 0.632. The van der Waals surface area contributed by atoms with E-state index >= 15 is 0 Å². The third-order valence-electron chi connectivity index (χ3n) is 3.93. The van der Waals surface area contributed by atoms with Crippen LogP contribution in [0.2, 0.25) is 0 Å². The van der Waals surface area contributed by atoms with Crippen LogP contribution in [-0.2, 0) is 9.53 Å². The number of benzene rings is 1. The van der Waals surface area contributed by atoms with Crippen LogP contribution in [0.1, 0.15) is 0 Å². The molecule has 0 atom stereocenters. The fourth-order valence-electron chi connectivity index (χ4n) is 2.57. The molecule has 134 valence electrons. The Labute approximate surface area is 152 Å². The first-order chi connectivity index (χ1) is 11.7. The topological polar surface area (TPSA) is 54.0 Å². The van der Waals surface area contributed by atoms with Gasteiger partial charge in [0.15, 0.2) is 0 Å². The lowest BCUT2D eigenvalue weighted by Crippen LogP contribution is -2.50. The van der Waals surface area contributed by atoms with E-state index in [1.807, 2.05) is 24.3 Å². The van der Waals surface area contributed by atoms with Crippen molar-refractivity contribution in [3.05, 3.63) is 28.7 Å². The standard InChI is InChI=1S/C17H26BrN3O3/c1-23-11-5-19-17(22)14-21-8-6-20(7-9-21)10-12-24-16-4-2-3-15(18)13-16/h2-4,13H,5-12,14H2,1H3,(H,19,22). The van der Waals surface area contributed by atoms with Crippen LogP contribution in [0.3, 0.4) is 0 Å². The largest absolute Gasteiger partial charge is 0.492 e. The molecule has 0 unspecified atom stereocenters. The number of nitrogens with one attached hydrogen (secondary N) is 1. The molecule has 0 bridgehead atoms. The molecule has 2 rings (SSSR count). The van der Waals surface area contributed by atoms with Gasteiger partial charge < -0.3 is 14.8 Å². The molecular formula is C17H26BrN3O3. The molecule has 1 fully saturated rings. The molecule has 1 aromatic rings. The molecule has 1 aromatic carbocycles. The Kier molecular flexibility index (Phi) is 8.52. The number of halogens is 1. The van der Waals surface area contributed by atoms with Crippen molar-refractivity contribution in [3.63, 3.8) is 0 Å². The van der Waals surface area contributed by atoms with Crippen molar-refractivity contribution in [2.24, 2.45) is 0 Å². The van der Waals surface area contributed by atoms with Gasteiger partial charge in [0.1, 0.15) is 12.4 Å². The summed E-state index contributed by atoms with van der Waals surface area (Å²) in [6, 6.07) is 7.89. The molecule has 1 aliphatic heterocycles. The summed E-state index contributed by atoms with van der Waals surface area (Å²) in [5.41, 5.74) is 0. The number of amides is 1. The number of ether oxygens (including phenoxy) is 2. The first kappa shape index (κ1) is 19.2. The van der Waals surface area contributed by atoms with Gasteiger partial charge in [0.2, 0.25) is 5.91 Å². The zero-order chi connectivity index (χ0) is 17.2. The van der Waals surface area contributed by atoms with Gasteiger partial charge >= 0.3 is 0 Å². The van der Waals surface area contributed by atoms with Crippen LogP contribution in [0, 0.1) is 0 Å². The summed E-state index contributed by atoms with van der Waals surface area (Å²) in [7, 11) is 1.63. The summed E-state index contributed by atoms with van der Waals surface area (Å²) in [5, 5.41) is 2.86. The summed E-state index contributed by atoms with van der Waals surface area (Å²) < 4.78 is 11.7. The molecule has 1 N–H and O–H groups in total. The molecular weight excluding hydrogens is 374 g/mol. The first-order valence-electron chi connectivity index (χ1n) is 8.26. The number of piperazine rings is 1. The highest BCUT2D eigenvalue weighted by molar-refractivity contribution is 9.10. The lowest BCUT2D eigenvalue weighted by molar-refractivity contribution is -0.122. The molecule has 7 heteroatoms. The molecule has 6 nitrogen and oxygen atoms in total. The Morgan fingerprint density at radius 2 is 1.96 bits per heavy atom. The lowest BCUT2D eigenvalue weighted by Gasteiger charge is -2.34. The van der Waals surface area contributed by atoms with E-state index in [9.17, 15) is 4.79 Å². The molecule has 0 aromatic heterocycles. The Morgan fingerprint density at radius 1 is 1.21 bits per heavy atom. The SMILES string of the molecule is COCCNC(=O)CN1CCN(CCOc2cccc(Br)c2)CC1. The van der Waals surface area contributed by atoms with Crippen LogP contribution in [0.4, 0.5) is 0 Å². The van der Waals surface area contributed by atoms with Crippen molar-refractivity contribution >= 4 is 21.8 Å². The Balaban J connectivity index is 1.58. The smallest absolute Gasteiger partial charge is 0.234 e. The van der Waals surface area contributed by atoms with Crippen molar-refractivity contribution in [1.82, 2.24) is 15.1 Å². The van der Waals surface area contributed by atoms with Crippen LogP contribution >= 0.6 is 15.9 Å². The van der Waals surface area contributed by atoms with E-state index in [-0.39, 0.29) is 5.91 Å². The van der Waals surface area contributed by atoms with Gasteiger partial charge in [-0.15, -0.1) is 0 Å². The van der Waals surface area contributed by atoms with Crippen molar-refractivity contribution in [2.45, 2.75) is 0 Å². The number of carbonyl (C=O) groups is 1. The van der Waals surface area contributed by atoms with Crippen molar-refractivity contribution < 1.29 is 14.3 Å². The van der Waals surface area contributed by atoms with E-state index in [4.69, 9.17) is 9.47 Å². The Hall–Kier alpha value is -1.15. The summed E-state index contributed by atoms with van der Waals surface area (Å²) >= 11 is 3.44. The third-order valence-corrected chi connectivity index (χ3v) is 4.43. The number of hydrogen-bond donors (Lipinski definition) is 1. The lowest BCUT2D eigenvalue weighted by atomic mass is 10.3. The van der Waals surface area contributed by atoms with E-state index in [0.29, 0.717) is 26.3 Å². The maximum atomic E-state index is 11.8. The number of hydrogen-bond acceptors (Lipinski definition) is 5. The highest BCUT2D eigenvalue weighted by Gasteiger charge is 2.18. The molecule has 1 saturated heterocycles. The van der Waals surface area contributed by atoms with Gasteiger partial charge in [-0.2, -0.15) is 0 Å². The predicted octanol–water partition coefficient (Wildman–Crippen LogP) is 1.21. The van der Waals surface area contributed by atoms with E-state index in [2.05, 4.69) is 31.0 Å². The minimum atomic E-state index is 0.0680. The molecule has 0 aliphatic carbocycles. The normalized spacial score (nSPS) is 16.1. The molecule has 0 saturated carbocycles. The van der Waals surface area contributed by atoms with Crippen molar-refractivity contribution in [1.29, 1.82) is 0 Å². The van der Waals surface area contributed by atoms with Crippen LogP contribution in [0.25, 0.3) is 0 Å². The minimum absolute atomic E-state index is 0.0680. The Morgan fingerprint density at radius 3 is 2.67 bits per heavy atom. The van der Waals surface area contributed by atoms with E-state index in [0.717, 1.165) is 42.9 Å². The van der Waals surface area contributed by atoms with Gasteiger partial charge in [0.05, 0.1) is 13.2 Å². The molecule has 1 aliphatic rings. The zero-order valence-electron chi connectivity index (χ0n) is 14.2. The number of carbonyl (C=O) groups excluding carboxylic acids is 1. The summed E-state index contributed by atoms with van der Waals surface area (Å²) in [6.07, 6.45) is 0. The monoisotopic (exact) mass is 399 g/mol. The van der Waals surface area contributed by atoms with Gasteiger partial charge in [-0.1, -0.05) is 22.0 Å². The molecule has 24 heavy (non-hydrogen) atoms. The van der Waals surface area contributed by atoms with Crippen LogP contribution in [-0.4, -0.2) is 81.8 Å². The van der Waals surface area contributed by atoms with Gasteiger partial charge in [-0.3, -0.25) is 14.6 Å². The van der Waals surface area contributed by atoms with Gasteiger partial charge in [0, 0.05) is 50.9 Å². The summed E-state index contributed by atoms with van der Waals surface area (Å²) in [5.74, 6) is 0.953. The predicted molar refractivity (Wildman–Crippen MR) is 97.4 cm³/mol. The fourth-order valence-corrected chi connectivity index (χ4v) is 2.95. The second-order valence-corrected chi connectivity index (χ2v) is 6.68. The number of methoxy groups -OCH3 is 1. The minimum Gasteiger partial charge on any atom is -0.492 e.